The van der Waals surface area contributed by atoms with E-state index in [1.54, 1.807) is 0 Å². The lowest BCUT2D eigenvalue weighted by Gasteiger charge is -2.29. The van der Waals surface area contributed by atoms with Gasteiger partial charge in [0.1, 0.15) is 0 Å². The van der Waals surface area contributed by atoms with Crippen LogP contribution >= 0.6 is 23.2 Å². The van der Waals surface area contributed by atoms with Gasteiger partial charge in [-0.2, -0.15) is 0 Å². The number of nitrogens with one attached hydrogen (secondary N) is 1. The summed E-state index contributed by atoms with van der Waals surface area (Å²) in [7, 11) is 0. The molecule has 2 rings (SSSR count). The number of aromatic nitrogens is 2. The predicted octanol–water partition coefficient (Wildman–Crippen LogP) is 2.39. The first-order chi connectivity index (χ1) is 9.56. The summed E-state index contributed by atoms with van der Waals surface area (Å²) in [6, 6.07) is 1.48. The van der Waals surface area contributed by atoms with Crippen molar-refractivity contribution in [1.29, 1.82) is 0 Å². The van der Waals surface area contributed by atoms with Gasteiger partial charge in [-0.25, -0.2) is 0 Å². The first-order valence-electron chi connectivity index (χ1n) is 6.78. The topological polar surface area (TPSA) is 58.1 Å². The van der Waals surface area contributed by atoms with Crippen LogP contribution in [0.4, 0.5) is 0 Å². The van der Waals surface area contributed by atoms with E-state index in [4.69, 9.17) is 23.2 Å². The van der Waals surface area contributed by atoms with E-state index in [9.17, 15) is 4.79 Å². The van der Waals surface area contributed by atoms with Crippen LogP contribution in [0.15, 0.2) is 6.07 Å². The maximum absolute atomic E-state index is 12.1. The van der Waals surface area contributed by atoms with Gasteiger partial charge in [0, 0.05) is 12.6 Å². The molecule has 0 aliphatic carbocycles. The summed E-state index contributed by atoms with van der Waals surface area (Å²) in [6.45, 7) is 5.03. The van der Waals surface area contributed by atoms with E-state index in [0.29, 0.717) is 0 Å². The van der Waals surface area contributed by atoms with Gasteiger partial charge in [0.15, 0.2) is 10.3 Å². The second kappa shape index (κ2) is 7.20. The first kappa shape index (κ1) is 15.5. The number of halogens is 2. The van der Waals surface area contributed by atoms with Crippen LogP contribution in [0.5, 0.6) is 0 Å². The number of hydrogen-bond acceptors (Lipinski definition) is 4. The molecule has 1 atom stereocenters. The largest absolute Gasteiger partial charge is 0.348 e. The number of amides is 1. The summed E-state index contributed by atoms with van der Waals surface area (Å²) in [5.74, 6) is -0.267. The number of likely N-dealkylation sites (tertiary alicyclic amines) is 1. The Morgan fingerprint density at radius 2 is 2.05 bits per heavy atom. The highest BCUT2D eigenvalue weighted by molar-refractivity contribution is 6.34. The van der Waals surface area contributed by atoms with Crippen molar-refractivity contribution in [2.24, 2.45) is 0 Å². The molecular weight excluding hydrogens is 299 g/mol. The van der Waals surface area contributed by atoms with Gasteiger partial charge in [-0.05, 0) is 38.9 Å². The van der Waals surface area contributed by atoms with Gasteiger partial charge in [-0.15, -0.1) is 10.2 Å². The van der Waals surface area contributed by atoms with Gasteiger partial charge in [0.2, 0.25) is 0 Å². The Morgan fingerprint density at radius 1 is 1.35 bits per heavy atom. The smallest absolute Gasteiger partial charge is 0.254 e. The standard InChI is InChI=1S/C13H18Cl2N4O/c1-9(8-19-5-3-2-4-6-19)16-13(20)10-7-11(14)17-18-12(10)15/h7,9H,2-6,8H2,1H3,(H,16,20). The zero-order chi connectivity index (χ0) is 14.5. The lowest BCUT2D eigenvalue weighted by molar-refractivity contribution is 0.0925. The molecule has 2 heterocycles. The lowest BCUT2D eigenvalue weighted by atomic mass is 10.1. The van der Waals surface area contributed by atoms with E-state index in [0.717, 1.165) is 19.6 Å². The van der Waals surface area contributed by atoms with Crippen LogP contribution in [0.1, 0.15) is 36.5 Å². The van der Waals surface area contributed by atoms with Crippen LogP contribution in [0.25, 0.3) is 0 Å². The van der Waals surface area contributed by atoms with E-state index < -0.39 is 0 Å². The van der Waals surface area contributed by atoms with Crippen molar-refractivity contribution in [3.8, 4) is 0 Å². The molecule has 0 radical (unpaired) electrons. The molecule has 1 amide bonds. The first-order valence-corrected chi connectivity index (χ1v) is 7.54. The Hall–Kier alpha value is -0.910. The molecule has 1 saturated heterocycles. The zero-order valence-corrected chi connectivity index (χ0v) is 12.9. The number of rotatable bonds is 4. The van der Waals surface area contributed by atoms with Crippen LogP contribution in [0.3, 0.4) is 0 Å². The molecule has 1 aromatic rings. The molecule has 0 bridgehead atoms. The van der Waals surface area contributed by atoms with Crippen molar-refractivity contribution in [2.75, 3.05) is 19.6 Å². The van der Waals surface area contributed by atoms with Gasteiger partial charge >= 0.3 is 0 Å². The fraction of sp³-hybridized carbons (Fsp3) is 0.615. The normalized spacial score (nSPS) is 17.8. The van der Waals surface area contributed by atoms with Crippen LogP contribution in [-0.2, 0) is 0 Å². The Balaban J connectivity index is 1.91. The Kier molecular flexibility index (Phi) is 5.57. The third kappa shape index (κ3) is 4.30. The third-order valence-corrected chi connectivity index (χ3v) is 3.79. The van der Waals surface area contributed by atoms with Crippen LogP contribution in [0, 0.1) is 0 Å². The van der Waals surface area contributed by atoms with Gasteiger partial charge in [-0.3, -0.25) is 4.79 Å². The second-order valence-electron chi connectivity index (χ2n) is 5.11. The zero-order valence-electron chi connectivity index (χ0n) is 11.4. The average molecular weight is 317 g/mol. The van der Waals surface area contributed by atoms with Crippen LogP contribution < -0.4 is 5.32 Å². The number of carbonyl (C=O) groups is 1. The molecule has 1 unspecified atom stereocenters. The molecule has 20 heavy (non-hydrogen) atoms. The van der Waals surface area contributed by atoms with E-state index in [2.05, 4.69) is 20.4 Å². The molecule has 110 valence electrons. The van der Waals surface area contributed by atoms with Crippen molar-refractivity contribution in [3.63, 3.8) is 0 Å². The Bertz CT molecular complexity index is 477. The molecule has 1 aliphatic rings. The van der Waals surface area contributed by atoms with Gasteiger partial charge in [0.25, 0.3) is 5.91 Å². The minimum absolute atomic E-state index is 0.0450. The quantitative estimate of drug-likeness (QED) is 0.926. The van der Waals surface area contributed by atoms with Crippen LogP contribution in [0.2, 0.25) is 10.3 Å². The average Bonchev–Trinajstić information content (AvgIpc) is 2.42. The lowest BCUT2D eigenvalue weighted by Crippen LogP contribution is -2.43. The highest BCUT2D eigenvalue weighted by Crippen LogP contribution is 2.15. The monoisotopic (exact) mass is 316 g/mol. The second-order valence-corrected chi connectivity index (χ2v) is 5.85. The van der Waals surface area contributed by atoms with Crippen molar-refractivity contribution in [2.45, 2.75) is 32.2 Å². The molecule has 5 nitrogen and oxygen atoms in total. The molecule has 1 aromatic heterocycles. The fourth-order valence-electron chi connectivity index (χ4n) is 2.39. The molecule has 1 fully saturated rings. The van der Waals surface area contributed by atoms with Crippen molar-refractivity contribution >= 4 is 29.1 Å². The Labute approximate surface area is 128 Å². The number of nitrogens with zero attached hydrogens (tertiary/aromatic N) is 3. The van der Waals surface area contributed by atoms with Gasteiger partial charge in [-0.1, -0.05) is 29.6 Å². The van der Waals surface area contributed by atoms with Crippen molar-refractivity contribution < 1.29 is 4.79 Å². The van der Waals surface area contributed by atoms with Gasteiger partial charge in [0.05, 0.1) is 5.56 Å². The maximum atomic E-state index is 12.1. The molecule has 1 N–H and O–H groups in total. The van der Waals surface area contributed by atoms with Crippen molar-refractivity contribution in [3.05, 3.63) is 21.9 Å². The summed E-state index contributed by atoms with van der Waals surface area (Å²) < 4.78 is 0. The van der Waals surface area contributed by atoms with Crippen LogP contribution in [-0.4, -0.2) is 46.7 Å². The highest BCUT2D eigenvalue weighted by Gasteiger charge is 2.18. The number of carbonyl (C=O) groups excluding carboxylic acids is 1. The molecule has 7 heteroatoms. The number of piperidine rings is 1. The van der Waals surface area contributed by atoms with Gasteiger partial charge < -0.3 is 10.2 Å². The molecule has 0 spiro atoms. The molecular formula is C13H18Cl2N4O. The Morgan fingerprint density at radius 3 is 2.75 bits per heavy atom. The predicted molar refractivity (Wildman–Crippen MR) is 79.3 cm³/mol. The minimum Gasteiger partial charge on any atom is -0.348 e. The van der Waals surface area contributed by atoms with E-state index in [-0.39, 0.29) is 27.8 Å². The van der Waals surface area contributed by atoms with E-state index >= 15 is 0 Å². The summed E-state index contributed by atoms with van der Waals surface area (Å²) in [5.41, 5.74) is 0.261. The minimum atomic E-state index is -0.267. The maximum Gasteiger partial charge on any atom is 0.254 e. The van der Waals surface area contributed by atoms with E-state index in [1.165, 1.54) is 25.3 Å². The summed E-state index contributed by atoms with van der Waals surface area (Å²) in [5, 5.41) is 10.4. The number of hydrogen-bond donors (Lipinski definition) is 1. The molecule has 0 saturated carbocycles. The van der Waals surface area contributed by atoms with Crippen molar-refractivity contribution in [1.82, 2.24) is 20.4 Å². The fourth-order valence-corrected chi connectivity index (χ4v) is 2.71. The summed E-state index contributed by atoms with van der Waals surface area (Å²) in [6.07, 6.45) is 3.76. The van der Waals surface area contributed by atoms with E-state index in [1.807, 2.05) is 6.92 Å². The SMILES string of the molecule is CC(CN1CCCCC1)NC(=O)c1cc(Cl)nnc1Cl. The molecule has 1 aliphatic heterocycles. The third-order valence-electron chi connectivity index (χ3n) is 3.32. The molecule has 0 aromatic carbocycles. The summed E-state index contributed by atoms with van der Waals surface area (Å²) >= 11 is 11.6. The highest BCUT2D eigenvalue weighted by atomic mass is 35.5. The summed E-state index contributed by atoms with van der Waals surface area (Å²) in [4.78, 5) is 14.5.